The normalized spacial score (nSPS) is 15.9. The van der Waals surface area contributed by atoms with Crippen LogP contribution in [0.25, 0.3) is 0 Å². The molecule has 0 saturated carbocycles. The second-order valence-corrected chi connectivity index (χ2v) is 4.07. The smallest absolute Gasteiger partial charge is 0.253 e. The molecule has 2 rings (SSSR count). The van der Waals surface area contributed by atoms with Crippen molar-refractivity contribution in [3.05, 3.63) is 29.8 Å². The fourth-order valence-corrected chi connectivity index (χ4v) is 1.97. The minimum absolute atomic E-state index is 0.137. The molecule has 0 N–H and O–H groups in total. The Morgan fingerprint density at radius 1 is 1.29 bits per heavy atom. The standard InChI is InChI=1S/C11H13NOS/c13-11(12-6-1-2-7-12)9-4-3-5-10(14)8-9/h3-5,8,14H,1-2,6-7H2. The van der Waals surface area contributed by atoms with E-state index in [2.05, 4.69) is 12.6 Å². The molecule has 1 aromatic carbocycles. The zero-order valence-electron chi connectivity index (χ0n) is 7.94. The van der Waals surface area contributed by atoms with Crippen LogP contribution in [0.5, 0.6) is 0 Å². The van der Waals surface area contributed by atoms with Crippen LogP contribution < -0.4 is 0 Å². The predicted octanol–water partition coefficient (Wildman–Crippen LogP) is 2.21. The summed E-state index contributed by atoms with van der Waals surface area (Å²) in [4.78, 5) is 14.6. The van der Waals surface area contributed by atoms with Crippen molar-refractivity contribution in [3.8, 4) is 0 Å². The molecule has 14 heavy (non-hydrogen) atoms. The first-order valence-corrected chi connectivity index (χ1v) is 5.30. The predicted molar refractivity (Wildman–Crippen MR) is 58.8 cm³/mol. The van der Waals surface area contributed by atoms with Gasteiger partial charge < -0.3 is 4.90 Å². The van der Waals surface area contributed by atoms with E-state index in [1.807, 2.05) is 29.2 Å². The summed E-state index contributed by atoms with van der Waals surface area (Å²) >= 11 is 4.22. The topological polar surface area (TPSA) is 20.3 Å². The monoisotopic (exact) mass is 207 g/mol. The van der Waals surface area contributed by atoms with Crippen LogP contribution in [0.4, 0.5) is 0 Å². The molecule has 3 heteroatoms. The number of hydrogen-bond donors (Lipinski definition) is 1. The van der Waals surface area contributed by atoms with E-state index in [4.69, 9.17) is 0 Å². The molecule has 0 radical (unpaired) electrons. The highest BCUT2D eigenvalue weighted by Crippen LogP contribution is 2.15. The number of carbonyl (C=O) groups excluding carboxylic acids is 1. The third-order valence-electron chi connectivity index (χ3n) is 2.49. The van der Waals surface area contributed by atoms with Gasteiger partial charge in [0.05, 0.1) is 0 Å². The number of nitrogens with zero attached hydrogens (tertiary/aromatic N) is 1. The van der Waals surface area contributed by atoms with E-state index in [1.54, 1.807) is 0 Å². The summed E-state index contributed by atoms with van der Waals surface area (Å²) in [5.41, 5.74) is 0.749. The van der Waals surface area contributed by atoms with Gasteiger partial charge in [-0.2, -0.15) is 0 Å². The van der Waals surface area contributed by atoms with Crippen LogP contribution in [-0.2, 0) is 0 Å². The highest BCUT2D eigenvalue weighted by Gasteiger charge is 2.18. The van der Waals surface area contributed by atoms with Gasteiger partial charge in [0.15, 0.2) is 0 Å². The molecule has 0 atom stereocenters. The lowest BCUT2D eigenvalue weighted by atomic mass is 10.2. The third kappa shape index (κ3) is 1.93. The molecule has 1 fully saturated rings. The largest absolute Gasteiger partial charge is 0.339 e. The molecular weight excluding hydrogens is 194 g/mol. The molecule has 1 amide bonds. The number of carbonyl (C=O) groups is 1. The first-order valence-electron chi connectivity index (χ1n) is 4.86. The number of thiol groups is 1. The number of likely N-dealkylation sites (tertiary alicyclic amines) is 1. The van der Waals surface area contributed by atoms with E-state index >= 15 is 0 Å². The van der Waals surface area contributed by atoms with Crippen LogP contribution in [0.3, 0.4) is 0 Å². The summed E-state index contributed by atoms with van der Waals surface area (Å²) in [7, 11) is 0. The molecule has 1 aromatic rings. The fraction of sp³-hybridized carbons (Fsp3) is 0.364. The maximum Gasteiger partial charge on any atom is 0.253 e. The fourth-order valence-electron chi connectivity index (χ4n) is 1.74. The second kappa shape index (κ2) is 4.05. The number of rotatable bonds is 1. The first-order chi connectivity index (χ1) is 6.77. The Bertz CT molecular complexity index is 345. The lowest BCUT2D eigenvalue weighted by Gasteiger charge is -2.15. The Labute approximate surface area is 89.3 Å². The summed E-state index contributed by atoms with van der Waals surface area (Å²) in [5.74, 6) is 0.137. The van der Waals surface area contributed by atoms with E-state index in [9.17, 15) is 4.79 Å². The van der Waals surface area contributed by atoms with Gasteiger partial charge in [0, 0.05) is 23.5 Å². The summed E-state index contributed by atoms with van der Waals surface area (Å²) in [6.45, 7) is 1.80. The van der Waals surface area contributed by atoms with Crippen molar-refractivity contribution in [2.75, 3.05) is 13.1 Å². The maximum atomic E-state index is 11.9. The Morgan fingerprint density at radius 2 is 2.00 bits per heavy atom. The first kappa shape index (κ1) is 9.59. The highest BCUT2D eigenvalue weighted by molar-refractivity contribution is 7.80. The van der Waals surface area contributed by atoms with Gasteiger partial charge in [0.25, 0.3) is 5.91 Å². The molecule has 1 aliphatic heterocycles. The summed E-state index contributed by atoms with van der Waals surface area (Å²) in [5, 5.41) is 0. The molecular formula is C11H13NOS. The molecule has 1 heterocycles. The van der Waals surface area contributed by atoms with Crippen molar-refractivity contribution in [2.45, 2.75) is 17.7 Å². The van der Waals surface area contributed by atoms with Crippen LogP contribution >= 0.6 is 12.6 Å². The van der Waals surface area contributed by atoms with Crippen molar-refractivity contribution in [3.63, 3.8) is 0 Å². The van der Waals surface area contributed by atoms with Crippen LogP contribution in [0, 0.1) is 0 Å². The molecule has 0 spiro atoms. The zero-order valence-corrected chi connectivity index (χ0v) is 8.83. The Hall–Kier alpha value is -0.960. The minimum atomic E-state index is 0.137. The van der Waals surface area contributed by atoms with Crippen molar-refractivity contribution in [1.82, 2.24) is 4.90 Å². The Morgan fingerprint density at radius 3 is 2.64 bits per heavy atom. The highest BCUT2D eigenvalue weighted by atomic mass is 32.1. The van der Waals surface area contributed by atoms with Crippen LogP contribution in [-0.4, -0.2) is 23.9 Å². The number of amides is 1. The van der Waals surface area contributed by atoms with Crippen molar-refractivity contribution < 1.29 is 4.79 Å². The summed E-state index contributed by atoms with van der Waals surface area (Å²) < 4.78 is 0. The quantitative estimate of drug-likeness (QED) is 0.700. The summed E-state index contributed by atoms with van der Waals surface area (Å²) in [6.07, 6.45) is 2.26. The van der Waals surface area contributed by atoms with E-state index in [-0.39, 0.29) is 5.91 Å². The summed E-state index contributed by atoms with van der Waals surface area (Å²) in [6, 6.07) is 7.42. The molecule has 0 unspecified atom stereocenters. The molecule has 0 bridgehead atoms. The molecule has 74 valence electrons. The van der Waals surface area contributed by atoms with E-state index < -0.39 is 0 Å². The Kier molecular flexibility index (Phi) is 2.77. The van der Waals surface area contributed by atoms with Crippen molar-refractivity contribution in [1.29, 1.82) is 0 Å². The van der Waals surface area contributed by atoms with E-state index in [0.717, 1.165) is 36.4 Å². The molecule has 1 saturated heterocycles. The zero-order chi connectivity index (χ0) is 9.97. The van der Waals surface area contributed by atoms with Gasteiger partial charge >= 0.3 is 0 Å². The van der Waals surface area contributed by atoms with Crippen molar-refractivity contribution in [2.24, 2.45) is 0 Å². The maximum absolute atomic E-state index is 11.9. The lowest BCUT2D eigenvalue weighted by Crippen LogP contribution is -2.27. The Balaban J connectivity index is 2.17. The van der Waals surface area contributed by atoms with Gasteiger partial charge in [0.1, 0.15) is 0 Å². The van der Waals surface area contributed by atoms with Gasteiger partial charge in [-0.3, -0.25) is 4.79 Å². The third-order valence-corrected chi connectivity index (χ3v) is 2.76. The van der Waals surface area contributed by atoms with Gasteiger partial charge in [-0.1, -0.05) is 6.07 Å². The number of benzene rings is 1. The van der Waals surface area contributed by atoms with Crippen LogP contribution in [0.1, 0.15) is 23.2 Å². The van der Waals surface area contributed by atoms with Gasteiger partial charge in [0.2, 0.25) is 0 Å². The molecule has 0 aromatic heterocycles. The second-order valence-electron chi connectivity index (χ2n) is 3.55. The van der Waals surface area contributed by atoms with Gasteiger partial charge in [-0.05, 0) is 31.0 Å². The van der Waals surface area contributed by atoms with E-state index in [1.165, 1.54) is 0 Å². The molecule has 2 nitrogen and oxygen atoms in total. The minimum Gasteiger partial charge on any atom is -0.339 e. The molecule has 1 aliphatic rings. The van der Waals surface area contributed by atoms with E-state index in [0.29, 0.717) is 0 Å². The average molecular weight is 207 g/mol. The lowest BCUT2D eigenvalue weighted by molar-refractivity contribution is 0.0792. The van der Waals surface area contributed by atoms with Gasteiger partial charge in [-0.25, -0.2) is 0 Å². The van der Waals surface area contributed by atoms with Crippen LogP contribution in [0.15, 0.2) is 29.2 Å². The van der Waals surface area contributed by atoms with Gasteiger partial charge in [-0.15, -0.1) is 12.6 Å². The SMILES string of the molecule is O=C(c1cccc(S)c1)N1CCCC1. The number of hydrogen-bond acceptors (Lipinski definition) is 2. The van der Waals surface area contributed by atoms with Crippen LogP contribution in [0.2, 0.25) is 0 Å². The molecule has 0 aliphatic carbocycles. The average Bonchev–Trinajstić information content (AvgIpc) is 2.69. The van der Waals surface area contributed by atoms with Crippen molar-refractivity contribution >= 4 is 18.5 Å².